The third kappa shape index (κ3) is 3.71. The molecule has 0 spiro atoms. The summed E-state index contributed by atoms with van der Waals surface area (Å²) in [6, 6.07) is 16.2. The van der Waals surface area contributed by atoms with Crippen LogP contribution in [0.15, 0.2) is 59.5 Å². The highest BCUT2D eigenvalue weighted by atomic mass is 32.2. The van der Waals surface area contributed by atoms with Gasteiger partial charge in [-0.25, -0.2) is 4.79 Å². The molecular weight excluding hydrogens is 322 g/mol. The second-order valence-electron chi connectivity index (χ2n) is 5.50. The number of nitrogens with one attached hydrogen (secondary N) is 2. The van der Waals surface area contributed by atoms with Crippen LogP contribution in [0.25, 0.3) is 0 Å². The smallest absolute Gasteiger partial charge is 0.319 e. The SMILES string of the molecule is CSc1cccc(NC(=O)NC2CCN(c3ccccc3)C2=O)c1. The molecule has 0 aromatic heterocycles. The van der Waals surface area contributed by atoms with Gasteiger partial charge < -0.3 is 15.5 Å². The van der Waals surface area contributed by atoms with Crippen molar-refractivity contribution in [1.82, 2.24) is 5.32 Å². The predicted molar refractivity (Wildman–Crippen MR) is 97.6 cm³/mol. The standard InChI is InChI=1S/C18H19N3O2S/c1-24-15-9-5-6-13(12-15)19-18(23)20-16-10-11-21(17(16)22)14-7-3-2-4-8-14/h2-9,12,16H,10-11H2,1H3,(H2,19,20,23). The summed E-state index contributed by atoms with van der Waals surface area (Å²) in [5.41, 5.74) is 1.57. The van der Waals surface area contributed by atoms with Gasteiger partial charge in [0.2, 0.25) is 5.91 Å². The zero-order valence-electron chi connectivity index (χ0n) is 13.4. The molecule has 0 radical (unpaired) electrons. The number of benzene rings is 2. The lowest BCUT2D eigenvalue weighted by Crippen LogP contribution is -2.43. The van der Waals surface area contributed by atoms with E-state index in [1.807, 2.05) is 60.9 Å². The molecule has 0 bridgehead atoms. The molecule has 3 rings (SSSR count). The fourth-order valence-corrected chi connectivity index (χ4v) is 3.16. The van der Waals surface area contributed by atoms with E-state index in [2.05, 4.69) is 10.6 Å². The number of para-hydroxylation sites is 1. The maximum absolute atomic E-state index is 12.5. The summed E-state index contributed by atoms with van der Waals surface area (Å²) in [4.78, 5) is 27.4. The van der Waals surface area contributed by atoms with Crippen LogP contribution in [0.5, 0.6) is 0 Å². The van der Waals surface area contributed by atoms with E-state index >= 15 is 0 Å². The lowest BCUT2D eigenvalue weighted by atomic mass is 10.2. The van der Waals surface area contributed by atoms with Crippen LogP contribution in [-0.4, -0.2) is 30.8 Å². The maximum atomic E-state index is 12.5. The molecule has 1 heterocycles. The largest absolute Gasteiger partial charge is 0.326 e. The van der Waals surface area contributed by atoms with E-state index < -0.39 is 6.04 Å². The minimum atomic E-state index is -0.492. The summed E-state index contributed by atoms with van der Waals surface area (Å²) < 4.78 is 0. The van der Waals surface area contributed by atoms with E-state index in [0.29, 0.717) is 18.7 Å². The van der Waals surface area contributed by atoms with E-state index in [1.165, 1.54) is 0 Å². The number of rotatable bonds is 4. The molecule has 2 aromatic rings. The number of anilines is 2. The molecule has 1 aliphatic heterocycles. The zero-order valence-corrected chi connectivity index (χ0v) is 14.2. The normalized spacial score (nSPS) is 17.0. The van der Waals surface area contributed by atoms with Crippen LogP contribution in [0.1, 0.15) is 6.42 Å². The Morgan fingerprint density at radius 2 is 1.96 bits per heavy atom. The van der Waals surface area contributed by atoms with Gasteiger partial charge in [0.05, 0.1) is 0 Å². The zero-order chi connectivity index (χ0) is 16.9. The van der Waals surface area contributed by atoms with Crippen molar-refractivity contribution in [3.8, 4) is 0 Å². The number of amides is 3. The molecule has 2 aromatic carbocycles. The van der Waals surface area contributed by atoms with Crippen molar-refractivity contribution in [1.29, 1.82) is 0 Å². The van der Waals surface area contributed by atoms with Crippen LogP contribution in [0.3, 0.4) is 0 Å². The second-order valence-corrected chi connectivity index (χ2v) is 6.38. The maximum Gasteiger partial charge on any atom is 0.319 e. The Labute approximate surface area is 145 Å². The van der Waals surface area contributed by atoms with Crippen molar-refractivity contribution in [2.24, 2.45) is 0 Å². The highest BCUT2D eigenvalue weighted by Gasteiger charge is 2.33. The Morgan fingerprint density at radius 1 is 1.17 bits per heavy atom. The Hall–Kier alpha value is -2.47. The molecule has 0 saturated carbocycles. The molecule has 0 aliphatic carbocycles. The monoisotopic (exact) mass is 341 g/mol. The number of thioether (sulfide) groups is 1. The predicted octanol–water partition coefficient (Wildman–Crippen LogP) is 3.34. The van der Waals surface area contributed by atoms with Gasteiger partial charge in [-0.05, 0) is 43.0 Å². The number of carbonyl (C=O) groups excluding carboxylic acids is 2. The lowest BCUT2D eigenvalue weighted by molar-refractivity contribution is -0.118. The number of hydrogen-bond acceptors (Lipinski definition) is 3. The number of urea groups is 1. The molecule has 1 saturated heterocycles. The topological polar surface area (TPSA) is 61.4 Å². The first-order chi connectivity index (χ1) is 11.7. The van der Waals surface area contributed by atoms with Gasteiger partial charge in [-0.2, -0.15) is 0 Å². The molecule has 2 N–H and O–H groups in total. The molecule has 1 unspecified atom stereocenters. The summed E-state index contributed by atoms with van der Waals surface area (Å²) in [6.45, 7) is 0.607. The van der Waals surface area contributed by atoms with Crippen LogP contribution in [0, 0.1) is 0 Å². The first-order valence-electron chi connectivity index (χ1n) is 7.75. The van der Waals surface area contributed by atoms with Crippen LogP contribution in [0.2, 0.25) is 0 Å². The van der Waals surface area contributed by atoms with E-state index in [-0.39, 0.29) is 11.9 Å². The van der Waals surface area contributed by atoms with Crippen LogP contribution in [0.4, 0.5) is 16.2 Å². The number of nitrogens with zero attached hydrogens (tertiary/aromatic N) is 1. The third-order valence-corrected chi connectivity index (χ3v) is 4.63. The van der Waals surface area contributed by atoms with Crippen LogP contribution < -0.4 is 15.5 Å². The third-order valence-electron chi connectivity index (χ3n) is 3.91. The summed E-state index contributed by atoms with van der Waals surface area (Å²) >= 11 is 1.61. The fraction of sp³-hybridized carbons (Fsp3) is 0.222. The molecule has 1 aliphatic rings. The van der Waals surface area contributed by atoms with E-state index in [9.17, 15) is 9.59 Å². The molecular formula is C18H19N3O2S. The van der Waals surface area contributed by atoms with E-state index in [1.54, 1.807) is 16.7 Å². The van der Waals surface area contributed by atoms with Crippen molar-refractivity contribution in [2.45, 2.75) is 17.4 Å². The van der Waals surface area contributed by atoms with Crippen molar-refractivity contribution >= 4 is 35.1 Å². The Morgan fingerprint density at radius 3 is 2.71 bits per heavy atom. The quantitative estimate of drug-likeness (QED) is 0.839. The Kier molecular flexibility index (Phi) is 5.05. The number of hydrogen-bond donors (Lipinski definition) is 2. The average Bonchev–Trinajstić information content (AvgIpc) is 2.96. The summed E-state index contributed by atoms with van der Waals surface area (Å²) in [5.74, 6) is -0.0748. The van der Waals surface area contributed by atoms with Crippen molar-refractivity contribution in [2.75, 3.05) is 23.0 Å². The van der Waals surface area contributed by atoms with Crippen molar-refractivity contribution < 1.29 is 9.59 Å². The molecule has 1 fully saturated rings. The van der Waals surface area contributed by atoms with Gasteiger partial charge in [0.15, 0.2) is 0 Å². The first kappa shape index (κ1) is 16.4. The number of carbonyl (C=O) groups is 2. The van der Waals surface area contributed by atoms with Gasteiger partial charge in [-0.1, -0.05) is 24.3 Å². The average molecular weight is 341 g/mol. The van der Waals surface area contributed by atoms with Crippen molar-refractivity contribution in [3.63, 3.8) is 0 Å². The molecule has 24 heavy (non-hydrogen) atoms. The minimum absolute atomic E-state index is 0.0748. The molecule has 5 nitrogen and oxygen atoms in total. The van der Waals surface area contributed by atoms with Gasteiger partial charge in [0.1, 0.15) is 6.04 Å². The van der Waals surface area contributed by atoms with Crippen molar-refractivity contribution in [3.05, 3.63) is 54.6 Å². The van der Waals surface area contributed by atoms with Gasteiger partial charge in [0, 0.05) is 22.8 Å². The Bertz CT molecular complexity index is 736. The van der Waals surface area contributed by atoms with E-state index in [4.69, 9.17) is 0 Å². The van der Waals surface area contributed by atoms with Gasteiger partial charge >= 0.3 is 6.03 Å². The molecule has 124 valence electrons. The van der Waals surface area contributed by atoms with Gasteiger partial charge in [-0.15, -0.1) is 11.8 Å². The van der Waals surface area contributed by atoms with Gasteiger partial charge in [0.25, 0.3) is 0 Å². The highest BCUT2D eigenvalue weighted by Crippen LogP contribution is 2.22. The first-order valence-corrected chi connectivity index (χ1v) is 8.98. The lowest BCUT2D eigenvalue weighted by Gasteiger charge is -2.17. The highest BCUT2D eigenvalue weighted by molar-refractivity contribution is 7.98. The minimum Gasteiger partial charge on any atom is -0.326 e. The van der Waals surface area contributed by atoms with E-state index in [0.717, 1.165) is 10.6 Å². The second kappa shape index (κ2) is 7.40. The fourth-order valence-electron chi connectivity index (χ4n) is 2.70. The molecule has 3 amide bonds. The summed E-state index contributed by atoms with van der Waals surface area (Å²) in [5, 5.41) is 5.55. The summed E-state index contributed by atoms with van der Waals surface area (Å²) in [6.07, 6.45) is 2.58. The Balaban J connectivity index is 1.60. The van der Waals surface area contributed by atoms with Crippen LogP contribution in [-0.2, 0) is 4.79 Å². The van der Waals surface area contributed by atoms with Gasteiger partial charge in [-0.3, -0.25) is 4.79 Å². The van der Waals surface area contributed by atoms with Crippen LogP contribution >= 0.6 is 11.8 Å². The molecule has 6 heteroatoms. The molecule has 1 atom stereocenters. The summed E-state index contributed by atoms with van der Waals surface area (Å²) in [7, 11) is 0.